The van der Waals surface area contributed by atoms with Gasteiger partial charge in [0, 0.05) is 23.3 Å². The first kappa shape index (κ1) is 26.2. The molecule has 4 aromatic rings. The van der Waals surface area contributed by atoms with E-state index in [0.717, 1.165) is 45.8 Å². The van der Waals surface area contributed by atoms with Gasteiger partial charge in [-0.15, -0.1) is 0 Å². The van der Waals surface area contributed by atoms with E-state index < -0.39 is 10.0 Å². The van der Waals surface area contributed by atoms with Crippen LogP contribution < -0.4 is 14.9 Å². The van der Waals surface area contributed by atoms with Gasteiger partial charge >= 0.3 is 0 Å². The monoisotopic (exact) mass is 565 g/mol. The number of hydrogen-bond donors (Lipinski definition) is 2. The predicted octanol–water partition coefficient (Wildman–Crippen LogP) is 6.00. The number of nitrogens with one attached hydrogen (secondary N) is 2. The number of aromatic nitrogens is 2. The van der Waals surface area contributed by atoms with Crippen LogP contribution in [0.3, 0.4) is 0 Å². The van der Waals surface area contributed by atoms with Crippen molar-refractivity contribution in [1.82, 2.24) is 14.9 Å². The summed E-state index contributed by atoms with van der Waals surface area (Å²) in [5.41, 5.74) is 7.14. The molecule has 2 N–H and O–H groups in total. The SMILES string of the molecule is Cc1cc(N2C(=S)N[C@H](c3ccccn3)[C@@H]2c2cc(C)n(-c3ccccc3Cl)c2C)ccc1NS(C)(=O)=O. The van der Waals surface area contributed by atoms with Gasteiger partial charge < -0.3 is 14.8 Å². The Labute approximate surface area is 233 Å². The number of hydrogen-bond acceptors (Lipinski definition) is 4. The molecule has 196 valence electrons. The van der Waals surface area contributed by atoms with E-state index in [2.05, 4.69) is 44.4 Å². The summed E-state index contributed by atoms with van der Waals surface area (Å²) in [5, 5.41) is 4.73. The summed E-state index contributed by atoms with van der Waals surface area (Å²) in [6.07, 6.45) is 2.92. The normalized spacial score (nSPS) is 17.5. The second kappa shape index (κ2) is 10.1. The molecule has 0 bridgehead atoms. The lowest BCUT2D eigenvalue weighted by Gasteiger charge is -2.29. The van der Waals surface area contributed by atoms with Crippen molar-refractivity contribution in [1.29, 1.82) is 0 Å². The number of nitrogens with zero attached hydrogens (tertiary/aromatic N) is 3. The minimum atomic E-state index is -3.40. The minimum Gasteiger partial charge on any atom is -0.351 e. The third-order valence-electron chi connectivity index (χ3n) is 6.76. The van der Waals surface area contributed by atoms with Crippen molar-refractivity contribution in [3.05, 3.63) is 106 Å². The number of pyridine rings is 1. The van der Waals surface area contributed by atoms with E-state index in [4.69, 9.17) is 23.8 Å². The zero-order valence-corrected chi connectivity index (χ0v) is 23.8. The van der Waals surface area contributed by atoms with Crippen molar-refractivity contribution in [3.63, 3.8) is 0 Å². The highest BCUT2D eigenvalue weighted by molar-refractivity contribution is 7.92. The Kier molecular flexibility index (Phi) is 6.94. The van der Waals surface area contributed by atoms with Crippen molar-refractivity contribution in [2.24, 2.45) is 0 Å². The van der Waals surface area contributed by atoms with E-state index in [-0.39, 0.29) is 12.1 Å². The van der Waals surface area contributed by atoms with Crippen molar-refractivity contribution in [2.75, 3.05) is 15.9 Å². The van der Waals surface area contributed by atoms with E-state index in [1.165, 1.54) is 0 Å². The summed E-state index contributed by atoms with van der Waals surface area (Å²) in [5.74, 6) is 0. The minimum absolute atomic E-state index is 0.210. The van der Waals surface area contributed by atoms with Crippen LogP contribution in [0.5, 0.6) is 0 Å². The Morgan fingerprint density at radius 1 is 1.03 bits per heavy atom. The smallest absolute Gasteiger partial charge is 0.229 e. The van der Waals surface area contributed by atoms with Crippen LogP contribution in [0.4, 0.5) is 11.4 Å². The van der Waals surface area contributed by atoms with E-state index in [0.29, 0.717) is 15.8 Å². The molecule has 0 aliphatic carbocycles. The van der Waals surface area contributed by atoms with Crippen molar-refractivity contribution in [3.8, 4) is 5.69 Å². The first-order chi connectivity index (χ1) is 18.0. The number of thiocarbonyl (C=S) groups is 1. The van der Waals surface area contributed by atoms with Gasteiger partial charge in [-0.3, -0.25) is 9.71 Å². The Bertz CT molecular complexity index is 1640. The molecule has 38 heavy (non-hydrogen) atoms. The van der Waals surface area contributed by atoms with Gasteiger partial charge in [-0.25, -0.2) is 8.42 Å². The first-order valence-corrected chi connectivity index (χ1v) is 14.8. The third-order valence-corrected chi connectivity index (χ3v) is 7.99. The lowest BCUT2D eigenvalue weighted by atomic mass is 9.96. The molecule has 10 heteroatoms. The maximum atomic E-state index is 11.8. The molecule has 0 saturated carbocycles. The Hall–Kier alpha value is -3.40. The van der Waals surface area contributed by atoms with Crippen LogP contribution in [-0.2, 0) is 10.0 Å². The van der Waals surface area contributed by atoms with Crippen LogP contribution in [0.1, 0.15) is 40.3 Å². The fourth-order valence-corrected chi connectivity index (χ4v) is 6.35. The van der Waals surface area contributed by atoms with E-state index in [9.17, 15) is 8.42 Å². The standard InChI is InChI=1S/C28H28ClN5O2S2/c1-17-15-20(12-13-23(17)32-38(4,35)36)34-27(26(31-28(34)37)24-10-7-8-14-30-24)21-16-18(2)33(19(21)3)25-11-6-5-9-22(25)29/h5-16,26-27,32H,1-4H3,(H,31,37)/t26-,27+/m1/s1. The highest BCUT2D eigenvalue weighted by atomic mass is 35.5. The van der Waals surface area contributed by atoms with Crippen LogP contribution in [0.2, 0.25) is 5.02 Å². The van der Waals surface area contributed by atoms with Crippen LogP contribution in [0, 0.1) is 20.8 Å². The summed E-state index contributed by atoms with van der Waals surface area (Å²) >= 11 is 12.5. The fraction of sp³-hybridized carbons (Fsp3) is 0.214. The molecule has 0 radical (unpaired) electrons. The first-order valence-electron chi connectivity index (χ1n) is 12.1. The van der Waals surface area contributed by atoms with Gasteiger partial charge in [0.15, 0.2) is 5.11 Å². The van der Waals surface area contributed by atoms with Gasteiger partial charge in [0.2, 0.25) is 10.0 Å². The van der Waals surface area contributed by atoms with Crippen molar-refractivity contribution in [2.45, 2.75) is 32.9 Å². The summed E-state index contributed by atoms with van der Waals surface area (Å²) in [6.45, 7) is 6.03. The number of halogens is 1. The zero-order valence-electron chi connectivity index (χ0n) is 21.4. The lowest BCUT2D eigenvalue weighted by molar-refractivity contribution is 0.565. The van der Waals surface area contributed by atoms with Crippen LogP contribution in [0.15, 0.2) is 72.9 Å². The van der Waals surface area contributed by atoms with Gasteiger partial charge in [0.25, 0.3) is 0 Å². The van der Waals surface area contributed by atoms with E-state index >= 15 is 0 Å². The molecule has 1 fully saturated rings. The number of rotatable bonds is 6. The molecular formula is C28H28ClN5O2S2. The predicted molar refractivity (Wildman–Crippen MR) is 158 cm³/mol. The molecule has 2 atom stereocenters. The third kappa shape index (κ3) is 4.89. The molecule has 2 aromatic carbocycles. The highest BCUT2D eigenvalue weighted by Crippen LogP contribution is 2.44. The lowest BCUT2D eigenvalue weighted by Crippen LogP contribution is -2.29. The topological polar surface area (TPSA) is 79.3 Å². The average molecular weight is 566 g/mol. The Balaban J connectivity index is 1.66. The van der Waals surface area contributed by atoms with Crippen molar-refractivity contribution >= 4 is 50.3 Å². The molecule has 3 heterocycles. The maximum absolute atomic E-state index is 11.8. The molecule has 0 unspecified atom stereocenters. The average Bonchev–Trinajstić information content (AvgIpc) is 3.36. The molecule has 1 aliphatic heterocycles. The van der Waals surface area contributed by atoms with Gasteiger partial charge in [0.05, 0.1) is 40.4 Å². The number of para-hydroxylation sites is 1. The second-order valence-corrected chi connectivity index (χ2v) is 12.0. The molecule has 7 nitrogen and oxygen atoms in total. The number of anilines is 2. The van der Waals surface area contributed by atoms with Crippen LogP contribution >= 0.6 is 23.8 Å². The molecule has 2 aromatic heterocycles. The zero-order chi connectivity index (χ0) is 27.2. The Morgan fingerprint density at radius 2 is 1.76 bits per heavy atom. The molecule has 0 spiro atoms. The van der Waals surface area contributed by atoms with Gasteiger partial charge in [-0.2, -0.15) is 0 Å². The number of benzene rings is 2. The molecule has 1 saturated heterocycles. The largest absolute Gasteiger partial charge is 0.351 e. The molecule has 1 aliphatic rings. The van der Waals surface area contributed by atoms with Gasteiger partial charge in [-0.05, 0) is 92.6 Å². The number of sulfonamides is 1. The fourth-order valence-electron chi connectivity index (χ4n) is 5.15. The van der Waals surface area contributed by atoms with Crippen molar-refractivity contribution < 1.29 is 8.42 Å². The van der Waals surface area contributed by atoms with Gasteiger partial charge in [-0.1, -0.05) is 29.8 Å². The van der Waals surface area contributed by atoms with Crippen LogP contribution in [-0.4, -0.2) is 29.3 Å². The quantitative estimate of drug-likeness (QED) is 0.279. The van der Waals surface area contributed by atoms with E-state index in [1.807, 2.05) is 61.5 Å². The Morgan fingerprint density at radius 3 is 2.42 bits per heavy atom. The number of aryl methyl sites for hydroxylation is 2. The second-order valence-electron chi connectivity index (χ2n) is 9.48. The molecule has 0 amide bonds. The summed E-state index contributed by atoms with van der Waals surface area (Å²) in [7, 11) is -3.40. The van der Waals surface area contributed by atoms with Crippen LogP contribution in [0.25, 0.3) is 5.69 Å². The summed E-state index contributed by atoms with van der Waals surface area (Å²) in [6, 6.07) is 21.0. The van der Waals surface area contributed by atoms with Gasteiger partial charge in [0.1, 0.15) is 0 Å². The highest BCUT2D eigenvalue weighted by Gasteiger charge is 2.42. The molecule has 5 rings (SSSR count). The van der Waals surface area contributed by atoms with E-state index in [1.54, 1.807) is 12.3 Å². The maximum Gasteiger partial charge on any atom is 0.229 e. The summed E-state index contributed by atoms with van der Waals surface area (Å²) < 4.78 is 28.4. The molecular weight excluding hydrogens is 538 g/mol. The summed E-state index contributed by atoms with van der Waals surface area (Å²) in [4.78, 5) is 6.74.